The van der Waals surface area contributed by atoms with Crippen molar-refractivity contribution in [3.63, 3.8) is 0 Å². The first-order valence-corrected chi connectivity index (χ1v) is 10.2. The molecule has 0 saturated carbocycles. The van der Waals surface area contributed by atoms with Gasteiger partial charge in [-0.05, 0) is 72.7 Å². The minimum absolute atomic E-state index is 0.370. The van der Waals surface area contributed by atoms with Gasteiger partial charge in [-0.3, -0.25) is 0 Å². The van der Waals surface area contributed by atoms with Crippen molar-refractivity contribution in [1.29, 1.82) is 0 Å². The summed E-state index contributed by atoms with van der Waals surface area (Å²) in [6.45, 7) is 3.30. The molecule has 0 amide bonds. The Morgan fingerprint density at radius 2 is 1.68 bits per heavy atom. The van der Waals surface area contributed by atoms with Crippen molar-refractivity contribution in [1.82, 2.24) is 5.32 Å². The molecule has 0 aliphatic carbocycles. The second kappa shape index (κ2) is 9.28. The van der Waals surface area contributed by atoms with E-state index in [0.717, 1.165) is 17.3 Å². The lowest BCUT2D eigenvalue weighted by atomic mass is 9.99. The fraction of sp³-hybridized carbons (Fsp3) is 0.273. The molecule has 130 valence electrons. The lowest BCUT2D eigenvalue weighted by Crippen LogP contribution is -2.20. The Hall–Kier alpha value is -1.48. The molecule has 3 aromatic rings. The molecule has 0 spiro atoms. The third-order valence-electron chi connectivity index (χ3n) is 4.39. The topological polar surface area (TPSA) is 12.0 Å². The third kappa shape index (κ3) is 5.24. The van der Waals surface area contributed by atoms with Gasteiger partial charge in [0.2, 0.25) is 0 Å². The molecule has 0 fully saturated rings. The molecule has 0 aliphatic heterocycles. The molecule has 3 heteroatoms. The van der Waals surface area contributed by atoms with E-state index in [1.807, 2.05) is 23.9 Å². The highest BCUT2D eigenvalue weighted by molar-refractivity contribution is 7.99. The summed E-state index contributed by atoms with van der Waals surface area (Å²) < 4.78 is 0. The first kappa shape index (κ1) is 18.3. The first-order valence-electron chi connectivity index (χ1n) is 8.83. The van der Waals surface area contributed by atoms with E-state index < -0.39 is 0 Å². The van der Waals surface area contributed by atoms with Crippen molar-refractivity contribution in [2.75, 3.05) is 12.3 Å². The van der Waals surface area contributed by atoms with Gasteiger partial charge in [-0.25, -0.2) is 0 Å². The lowest BCUT2D eigenvalue weighted by Gasteiger charge is -2.16. The van der Waals surface area contributed by atoms with Crippen LogP contribution in [0.5, 0.6) is 0 Å². The fourth-order valence-corrected chi connectivity index (χ4v) is 4.04. The van der Waals surface area contributed by atoms with Crippen LogP contribution in [0.15, 0.2) is 71.6 Å². The van der Waals surface area contributed by atoms with Crippen molar-refractivity contribution in [2.24, 2.45) is 0 Å². The van der Waals surface area contributed by atoms with Crippen LogP contribution >= 0.6 is 23.4 Å². The number of nitrogens with one attached hydrogen (secondary N) is 1. The van der Waals surface area contributed by atoms with Gasteiger partial charge in [-0.2, -0.15) is 0 Å². The van der Waals surface area contributed by atoms with Crippen LogP contribution in [-0.4, -0.2) is 12.3 Å². The van der Waals surface area contributed by atoms with E-state index in [0.29, 0.717) is 6.04 Å². The zero-order valence-electron chi connectivity index (χ0n) is 14.5. The largest absolute Gasteiger partial charge is 0.310 e. The number of halogens is 1. The van der Waals surface area contributed by atoms with Gasteiger partial charge < -0.3 is 5.32 Å². The lowest BCUT2D eigenvalue weighted by molar-refractivity contribution is 0.558. The molecule has 0 saturated heterocycles. The van der Waals surface area contributed by atoms with Crippen LogP contribution in [0.3, 0.4) is 0 Å². The van der Waals surface area contributed by atoms with Crippen molar-refractivity contribution < 1.29 is 0 Å². The summed E-state index contributed by atoms with van der Waals surface area (Å²) in [4.78, 5) is 1.29. The number of rotatable bonds is 8. The summed E-state index contributed by atoms with van der Waals surface area (Å²) in [7, 11) is 0. The molecular weight excluding hydrogens is 346 g/mol. The first-order chi connectivity index (χ1) is 12.2. The van der Waals surface area contributed by atoms with Gasteiger partial charge in [0.25, 0.3) is 0 Å². The second-order valence-electron chi connectivity index (χ2n) is 6.25. The average molecular weight is 370 g/mol. The zero-order valence-corrected chi connectivity index (χ0v) is 16.1. The van der Waals surface area contributed by atoms with Crippen molar-refractivity contribution in [2.45, 2.75) is 30.7 Å². The van der Waals surface area contributed by atoms with E-state index in [-0.39, 0.29) is 0 Å². The van der Waals surface area contributed by atoms with Gasteiger partial charge in [0, 0.05) is 16.0 Å². The van der Waals surface area contributed by atoms with Crippen LogP contribution in [0.1, 0.15) is 31.4 Å². The van der Waals surface area contributed by atoms with Crippen molar-refractivity contribution in [3.8, 4) is 0 Å². The maximum absolute atomic E-state index is 5.91. The fourth-order valence-electron chi connectivity index (χ4n) is 3.00. The Bertz CT molecular complexity index is 795. The SMILES string of the molecule is C[C@@H](NCCCCSc1ccc(Cl)cc1)c1cccc2ccccc12. The predicted octanol–water partition coefficient (Wildman–Crippen LogP) is 6.72. The van der Waals surface area contributed by atoms with Gasteiger partial charge in [0.05, 0.1) is 0 Å². The quantitative estimate of drug-likeness (QED) is 0.349. The minimum atomic E-state index is 0.370. The number of hydrogen-bond donors (Lipinski definition) is 1. The van der Waals surface area contributed by atoms with E-state index >= 15 is 0 Å². The Morgan fingerprint density at radius 1 is 0.920 bits per heavy atom. The number of benzene rings is 3. The highest BCUT2D eigenvalue weighted by atomic mass is 35.5. The Kier molecular flexibility index (Phi) is 6.80. The van der Waals surface area contributed by atoms with Gasteiger partial charge in [-0.1, -0.05) is 54.1 Å². The third-order valence-corrected chi connectivity index (χ3v) is 5.74. The predicted molar refractivity (Wildman–Crippen MR) is 112 cm³/mol. The number of fused-ring (bicyclic) bond motifs is 1. The van der Waals surface area contributed by atoms with E-state index in [9.17, 15) is 0 Å². The summed E-state index contributed by atoms with van der Waals surface area (Å²) >= 11 is 7.81. The summed E-state index contributed by atoms with van der Waals surface area (Å²) in [6.07, 6.45) is 2.40. The number of unbranched alkanes of at least 4 members (excludes halogenated alkanes) is 1. The molecule has 3 aromatic carbocycles. The van der Waals surface area contributed by atoms with Gasteiger partial charge in [-0.15, -0.1) is 11.8 Å². The summed E-state index contributed by atoms with van der Waals surface area (Å²) in [5.41, 5.74) is 1.38. The Balaban J connectivity index is 1.42. The molecular formula is C22H24ClNS. The van der Waals surface area contributed by atoms with Crippen LogP contribution in [0.25, 0.3) is 10.8 Å². The second-order valence-corrected chi connectivity index (χ2v) is 7.86. The molecule has 1 nitrogen and oxygen atoms in total. The van der Waals surface area contributed by atoms with Gasteiger partial charge in [0.15, 0.2) is 0 Å². The standard InChI is InChI=1S/C22H24ClNS/c1-17(21-10-6-8-18-7-2-3-9-22(18)21)24-15-4-5-16-25-20-13-11-19(23)12-14-20/h2-3,6-14,17,24H,4-5,15-16H2,1H3/t17-/m1/s1. The van der Waals surface area contributed by atoms with E-state index in [1.165, 1.54) is 34.1 Å². The van der Waals surface area contributed by atoms with Gasteiger partial charge in [0.1, 0.15) is 0 Å². The maximum atomic E-state index is 5.91. The normalized spacial score (nSPS) is 12.4. The smallest absolute Gasteiger partial charge is 0.0406 e. The summed E-state index contributed by atoms with van der Waals surface area (Å²) in [5, 5.41) is 7.14. The van der Waals surface area contributed by atoms with E-state index in [1.54, 1.807) is 0 Å². The summed E-state index contributed by atoms with van der Waals surface area (Å²) in [5.74, 6) is 1.14. The molecule has 0 heterocycles. The molecule has 3 rings (SSSR count). The molecule has 1 atom stereocenters. The Labute approximate surface area is 159 Å². The van der Waals surface area contributed by atoms with Gasteiger partial charge >= 0.3 is 0 Å². The molecule has 0 aromatic heterocycles. The maximum Gasteiger partial charge on any atom is 0.0406 e. The molecule has 0 bridgehead atoms. The van der Waals surface area contributed by atoms with Crippen LogP contribution in [0.2, 0.25) is 5.02 Å². The van der Waals surface area contributed by atoms with Crippen LogP contribution < -0.4 is 5.32 Å². The highest BCUT2D eigenvalue weighted by Crippen LogP contribution is 2.24. The molecule has 25 heavy (non-hydrogen) atoms. The average Bonchev–Trinajstić information content (AvgIpc) is 2.65. The monoisotopic (exact) mass is 369 g/mol. The highest BCUT2D eigenvalue weighted by Gasteiger charge is 2.08. The summed E-state index contributed by atoms with van der Waals surface area (Å²) in [6, 6.07) is 23.6. The minimum Gasteiger partial charge on any atom is -0.310 e. The van der Waals surface area contributed by atoms with Crippen LogP contribution in [0, 0.1) is 0 Å². The van der Waals surface area contributed by atoms with E-state index in [2.05, 4.69) is 66.8 Å². The molecule has 1 N–H and O–H groups in total. The van der Waals surface area contributed by atoms with Crippen molar-refractivity contribution in [3.05, 3.63) is 77.3 Å². The molecule has 0 aliphatic rings. The molecule has 0 unspecified atom stereocenters. The Morgan fingerprint density at radius 3 is 2.52 bits per heavy atom. The molecule has 0 radical (unpaired) electrons. The van der Waals surface area contributed by atoms with Crippen molar-refractivity contribution >= 4 is 34.1 Å². The van der Waals surface area contributed by atoms with Crippen LogP contribution in [0.4, 0.5) is 0 Å². The number of hydrogen-bond acceptors (Lipinski definition) is 2. The zero-order chi connectivity index (χ0) is 17.5. The number of thioether (sulfide) groups is 1. The van der Waals surface area contributed by atoms with E-state index in [4.69, 9.17) is 11.6 Å². The van der Waals surface area contributed by atoms with Crippen LogP contribution in [-0.2, 0) is 0 Å².